The van der Waals surface area contributed by atoms with Crippen molar-refractivity contribution in [1.29, 1.82) is 0 Å². The van der Waals surface area contributed by atoms with E-state index in [9.17, 15) is 4.79 Å². The number of rotatable bonds is 5. The van der Waals surface area contributed by atoms with Crippen LogP contribution in [0, 0.1) is 11.8 Å². The van der Waals surface area contributed by atoms with Gasteiger partial charge < -0.3 is 9.84 Å². The fourth-order valence-corrected chi connectivity index (χ4v) is 2.71. The first-order valence-electron chi connectivity index (χ1n) is 7.15. The van der Waals surface area contributed by atoms with Crippen molar-refractivity contribution in [3.63, 3.8) is 0 Å². The zero-order valence-electron chi connectivity index (χ0n) is 11.5. The van der Waals surface area contributed by atoms with Crippen molar-refractivity contribution in [3.05, 3.63) is 29.8 Å². The lowest BCUT2D eigenvalue weighted by molar-refractivity contribution is 0.0697. The standard InChI is InChI=1S/C16H22O3/c1-2-12-3-5-13(6-4-12)11-19-15-9-7-14(8-10-15)16(17)18/h7-10,12-13H,2-6,11H2,1H3,(H,17,18). The van der Waals surface area contributed by atoms with Gasteiger partial charge in [0.15, 0.2) is 0 Å². The fraction of sp³-hybridized carbons (Fsp3) is 0.562. The molecule has 1 aliphatic rings. The van der Waals surface area contributed by atoms with E-state index in [0.29, 0.717) is 11.5 Å². The van der Waals surface area contributed by atoms with Crippen molar-refractivity contribution in [2.45, 2.75) is 39.0 Å². The summed E-state index contributed by atoms with van der Waals surface area (Å²) >= 11 is 0. The molecule has 0 heterocycles. The third-order valence-electron chi connectivity index (χ3n) is 4.13. The van der Waals surface area contributed by atoms with Gasteiger partial charge in [-0.25, -0.2) is 4.79 Å². The lowest BCUT2D eigenvalue weighted by Crippen LogP contribution is -2.19. The van der Waals surface area contributed by atoms with Gasteiger partial charge in [-0.2, -0.15) is 0 Å². The van der Waals surface area contributed by atoms with E-state index in [1.807, 2.05) is 0 Å². The van der Waals surface area contributed by atoms with Crippen molar-refractivity contribution in [1.82, 2.24) is 0 Å². The van der Waals surface area contributed by atoms with Crippen LogP contribution in [0.1, 0.15) is 49.4 Å². The maximum absolute atomic E-state index is 10.7. The molecule has 1 N–H and O–H groups in total. The molecule has 3 nitrogen and oxygen atoms in total. The van der Waals surface area contributed by atoms with E-state index in [4.69, 9.17) is 9.84 Å². The van der Waals surface area contributed by atoms with Crippen LogP contribution < -0.4 is 4.74 Å². The van der Waals surface area contributed by atoms with Crippen molar-refractivity contribution in [3.8, 4) is 5.75 Å². The zero-order valence-corrected chi connectivity index (χ0v) is 11.5. The Bertz CT molecular complexity index is 403. The van der Waals surface area contributed by atoms with Crippen molar-refractivity contribution >= 4 is 5.97 Å². The summed E-state index contributed by atoms with van der Waals surface area (Å²) in [4.78, 5) is 10.7. The average Bonchev–Trinajstić information content (AvgIpc) is 2.46. The van der Waals surface area contributed by atoms with Gasteiger partial charge in [-0.1, -0.05) is 26.2 Å². The third-order valence-corrected chi connectivity index (χ3v) is 4.13. The van der Waals surface area contributed by atoms with Crippen LogP contribution in [0.5, 0.6) is 5.75 Å². The fourth-order valence-electron chi connectivity index (χ4n) is 2.71. The van der Waals surface area contributed by atoms with Gasteiger partial charge in [0.2, 0.25) is 0 Å². The molecule has 0 unspecified atom stereocenters. The molecule has 0 bridgehead atoms. The largest absolute Gasteiger partial charge is 0.493 e. The molecule has 104 valence electrons. The molecule has 2 rings (SSSR count). The van der Waals surface area contributed by atoms with Crippen LogP contribution >= 0.6 is 0 Å². The summed E-state index contributed by atoms with van der Waals surface area (Å²) in [7, 11) is 0. The summed E-state index contributed by atoms with van der Waals surface area (Å²) < 4.78 is 5.76. The second-order valence-corrected chi connectivity index (χ2v) is 5.44. The Morgan fingerprint density at radius 2 is 1.74 bits per heavy atom. The average molecular weight is 262 g/mol. The first kappa shape index (κ1) is 13.9. The van der Waals surface area contributed by atoms with Gasteiger partial charge in [0.1, 0.15) is 5.75 Å². The van der Waals surface area contributed by atoms with Crippen LogP contribution in [-0.2, 0) is 0 Å². The Morgan fingerprint density at radius 3 is 2.26 bits per heavy atom. The van der Waals surface area contributed by atoms with E-state index >= 15 is 0 Å². The Hall–Kier alpha value is -1.51. The van der Waals surface area contributed by atoms with Crippen LogP contribution in [0.15, 0.2) is 24.3 Å². The van der Waals surface area contributed by atoms with Gasteiger partial charge in [0.25, 0.3) is 0 Å². The molecule has 1 aromatic carbocycles. The van der Waals surface area contributed by atoms with E-state index in [1.165, 1.54) is 32.1 Å². The molecule has 0 atom stereocenters. The quantitative estimate of drug-likeness (QED) is 0.873. The van der Waals surface area contributed by atoms with Gasteiger partial charge in [-0.3, -0.25) is 0 Å². The number of aromatic carboxylic acids is 1. The Balaban J connectivity index is 1.78. The van der Waals surface area contributed by atoms with Gasteiger partial charge >= 0.3 is 5.97 Å². The van der Waals surface area contributed by atoms with Crippen LogP contribution in [0.3, 0.4) is 0 Å². The van der Waals surface area contributed by atoms with E-state index in [2.05, 4.69) is 6.92 Å². The molecule has 1 aliphatic carbocycles. The number of hydrogen-bond acceptors (Lipinski definition) is 2. The smallest absolute Gasteiger partial charge is 0.335 e. The van der Waals surface area contributed by atoms with Crippen LogP contribution in [0.25, 0.3) is 0 Å². The van der Waals surface area contributed by atoms with E-state index in [-0.39, 0.29) is 0 Å². The maximum atomic E-state index is 10.7. The van der Waals surface area contributed by atoms with E-state index in [1.54, 1.807) is 24.3 Å². The molecule has 0 aromatic heterocycles. The second kappa shape index (κ2) is 6.60. The van der Waals surface area contributed by atoms with Crippen LogP contribution in [0.2, 0.25) is 0 Å². The predicted molar refractivity (Wildman–Crippen MR) is 74.6 cm³/mol. The lowest BCUT2D eigenvalue weighted by atomic mass is 9.81. The number of ether oxygens (including phenoxy) is 1. The summed E-state index contributed by atoms with van der Waals surface area (Å²) in [6.07, 6.45) is 6.45. The van der Waals surface area contributed by atoms with Crippen LogP contribution in [0.4, 0.5) is 0 Å². The summed E-state index contributed by atoms with van der Waals surface area (Å²) in [6.45, 7) is 3.02. The topological polar surface area (TPSA) is 46.5 Å². The van der Waals surface area contributed by atoms with E-state index < -0.39 is 5.97 Å². The molecule has 3 heteroatoms. The molecule has 0 saturated heterocycles. The molecular formula is C16H22O3. The highest BCUT2D eigenvalue weighted by atomic mass is 16.5. The van der Waals surface area contributed by atoms with Crippen molar-refractivity contribution < 1.29 is 14.6 Å². The summed E-state index contributed by atoms with van der Waals surface area (Å²) in [5.74, 6) is 1.43. The SMILES string of the molecule is CCC1CCC(COc2ccc(C(=O)O)cc2)CC1. The van der Waals surface area contributed by atoms with E-state index in [0.717, 1.165) is 18.3 Å². The first-order valence-corrected chi connectivity index (χ1v) is 7.15. The minimum Gasteiger partial charge on any atom is -0.493 e. The highest BCUT2D eigenvalue weighted by Crippen LogP contribution is 2.30. The monoisotopic (exact) mass is 262 g/mol. The Labute approximate surface area is 114 Å². The minimum absolute atomic E-state index is 0.302. The molecule has 19 heavy (non-hydrogen) atoms. The predicted octanol–water partition coefficient (Wildman–Crippen LogP) is 3.98. The summed E-state index contributed by atoms with van der Waals surface area (Å²) in [5, 5.41) is 8.82. The molecule has 0 aliphatic heterocycles. The molecule has 1 saturated carbocycles. The molecule has 1 fully saturated rings. The molecule has 0 spiro atoms. The van der Waals surface area contributed by atoms with Gasteiger partial charge in [0.05, 0.1) is 12.2 Å². The minimum atomic E-state index is -0.899. The number of carbonyl (C=O) groups is 1. The lowest BCUT2D eigenvalue weighted by Gasteiger charge is -2.27. The summed E-state index contributed by atoms with van der Waals surface area (Å²) in [5.41, 5.74) is 0.302. The first-order chi connectivity index (χ1) is 9.19. The second-order valence-electron chi connectivity index (χ2n) is 5.44. The van der Waals surface area contributed by atoms with Gasteiger partial charge in [-0.05, 0) is 48.9 Å². The molecule has 0 radical (unpaired) electrons. The number of carboxylic acids is 1. The highest BCUT2D eigenvalue weighted by Gasteiger charge is 2.20. The highest BCUT2D eigenvalue weighted by molar-refractivity contribution is 5.87. The zero-order chi connectivity index (χ0) is 13.7. The summed E-state index contributed by atoms with van der Waals surface area (Å²) in [6, 6.07) is 6.65. The number of benzene rings is 1. The molecular weight excluding hydrogens is 240 g/mol. The van der Waals surface area contributed by atoms with Crippen LogP contribution in [-0.4, -0.2) is 17.7 Å². The Kier molecular flexibility index (Phi) is 4.83. The number of carboxylic acid groups (broad SMARTS) is 1. The third kappa shape index (κ3) is 3.98. The van der Waals surface area contributed by atoms with Gasteiger partial charge in [-0.15, -0.1) is 0 Å². The van der Waals surface area contributed by atoms with Crippen molar-refractivity contribution in [2.75, 3.05) is 6.61 Å². The Morgan fingerprint density at radius 1 is 1.16 bits per heavy atom. The maximum Gasteiger partial charge on any atom is 0.335 e. The van der Waals surface area contributed by atoms with Crippen molar-refractivity contribution in [2.24, 2.45) is 11.8 Å². The number of hydrogen-bond donors (Lipinski definition) is 1. The molecule has 0 amide bonds. The van der Waals surface area contributed by atoms with Gasteiger partial charge in [0, 0.05) is 0 Å². The molecule has 1 aromatic rings. The normalized spacial score (nSPS) is 23.0.